The van der Waals surface area contributed by atoms with Gasteiger partial charge in [0.05, 0.1) is 13.3 Å². The highest BCUT2D eigenvalue weighted by atomic mass is 16.5. The van der Waals surface area contributed by atoms with E-state index in [1.165, 1.54) is 0 Å². The van der Waals surface area contributed by atoms with Gasteiger partial charge in [0.15, 0.2) is 0 Å². The molecule has 2 N–H and O–H groups in total. The minimum absolute atomic E-state index is 0.326. The van der Waals surface area contributed by atoms with Gasteiger partial charge in [-0.15, -0.1) is 0 Å². The van der Waals surface area contributed by atoms with Gasteiger partial charge < -0.3 is 19.5 Å². The summed E-state index contributed by atoms with van der Waals surface area (Å²) in [6.45, 7) is 3.54. The van der Waals surface area contributed by atoms with Crippen LogP contribution in [0.4, 0.5) is 5.95 Å². The Kier molecular flexibility index (Phi) is 5.10. The molecule has 1 saturated heterocycles. The van der Waals surface area contributed by atoms with Crippen molar-refractivity contribution >= 4 is 22.9 Å². The zero-order valence-electron chi connectivity index (χ0n) is 16.7. The fourth-order valence-corrected chi connectivity index (χ4v) is 3.28. The first-order valence-corrected chi connectivity index (χ1v) is 9.35. The van der Waals surface area contributed by atoms with Crippen molar-refractivity contribution in [1.82, 2.24) is 29.5 Å². The van der Waals surface area contributed by atoms with E-state index in [4.69, 9.17) is 4.74 Å². The minimum atomic E-state index is -0.412. The molecule has 1 aliphatic heterocycles. The summed E-state index contributed by atoms with van der Waals surface area (Å²) in [5.74, 6) is 3.20. The monoisotopic (exact) mass is 393 g/mol. The number of H-pyrrole nitrogens is 1. The zero-order chi connectivity index (χ0) is 20.4. The van der Waals surface area contributed by atoms with E-state index in [9.17, 15) is 4.79 Å². The van der Waals surface area contributed by atoms with Crippen LogP contribution in [0.25, 0.3) is 22.2 Å². The summed E-state index contributed by atoms with van der Waals surface area (Å²) in [5.41, 5.74) is 3.23. The summed E-state index contributed by atoms with van der Waals surface area (Å²) in [6.07, 6.45) is 3.69. The number of carbonyl (C=O) groups excluding carboxylic acids is 1. The Labute approximate surface area is 168 Å². The van der Waals surface area contributed by atoms with Crippen LogP contribution in [0.1, 0.15) is 0 Å². The first-order chi connectivity index (χ1) is 14.0. The average molecular weight is 393 g/mol. The Bertz CT molecular complexity index is 1100. The van der Waals surface area contributed by atoms with Crippen LogP contribution >= 0.6 is 0 Å². The summed E-state index contributed by atoms with van der Waals surface area (Å²) in [4.78, 5) is 24.2. The van der Waals surface area contributed by atoms with E-state index in [2.05, 4.69) is 44.3 Å². The third kappa shape index (κ3) is 4.02. The van der Waals surface area contributed by atoms with E-state index in [1.807, 2.05) is 30.3 Å². The van der Waals surface area contributed by atoms with Gasteiger partial charge in [-0.1, -0.05) is 0 Å². The van der Waals surface area contributed by atoms with Gasteiger partial charge in [0.2, 0.25) is 5.95 Å². The second kappa shape index (κ2) is 7.85. The van der Waals surface area contributed by atoms with Crippen LogP contribution in [0.3, 0.4) is 0 Å². The van der Waals surface area contributed by atoms with Gasteiger partial charge in [-0.2, -0.15) is 5.10 Å². The van der Waals surface area contributed by atoms with Crippen LogP contribution in [0.5, 0.6) is 5.75 Å². The Hall–Kier alpha value is -3.51. The molecule has 0 radical (unpaired) electrons. The maximum atomic E-state index is 12.3. The molecule has 0 spiro atoms. The predicted molar refractivity (Wildman–Crippen MR) is 110 cm³/mol. The Morgan fingerprint density at radius 1 is 1.24 bits per heavy atom. The second-order valence-corrected chi connectivity index (χ2v) is 7.01. The number of hydrogen-bond donors (Lipinski definition) is 2. The van der Waals surface area contributed by atoms with E-state index in [0.717, 1.165) is 37.3 Å². The molecule has 0 aliphatic carbocycles. The van der Waals surface area contributed by atoms with Gasteiger partial charge in [0.1, 0.15) is 16.8 Å². The van der Waals surface area contributed by atoms with Crippen molar-refractivity contribution in [2.45, 2.75) is 0 Å². The van der Waals surface area contributed by atoms with Gasteiger partial charge in [0, 0.05) is 62.5 Å². The molecule has 0 bridgehead atoms. The standard InChI is InChI=1S/C20H23N7O2/c1-25-8-10-27(11-9-25)7-6-17(28)22-20-23-18-15(14-12-21-26(2)13-14)4-5-16(29-3)19(18)24-20/h4-5,12-13H,8-11H2,1-3H3,(H2,22,23,24,28). The maximum absolute atomic E-state index is 12.3. The highest BCUT2D eigenvalue weighted by Gasteiger charge is 2.16. The van der Waals surface area contributed by atoms with Crippen molar-refractivity contribution < 1.29 is 9.53 Å². The zero-order valence-corrected chi connectivity index (χ0v) is 16.7. The lowest BCUT2D eigenvalue weighted by Gasteiger charge is -2.29. The number of likely N-dealkylation sites (N-methyl/N-ethyl adjacent to an activating group) is 1. The lowest BCUT2D eigenvalue weighted by atomic mass is 10.1. The molecule has 3 aromatic rings. The van der Waals surface area contributed by atoms with E-state index in [-0.39, 0.29) is 0 Å². The Balaban J connectivity index is 1.57. The van der Waals surface area contributed by atoms with Crippen molar-refractivity contribution in [2.75, 3.05) is 45.7 Å². The lowest BCUT2D eigenvalue weighted by molar-refractivity contribution is -0.111. The predicted octanol–water partition coefficient (Wildman–Crippen LogP) is 1.12. The number of aromatic amines is 1. The number of hydrogen-bond acceptors (Lipinski definition) is 6. The van der Waals surface area contributed by atoms with Gasteiger partial charge in [0.25, 0.3) is 0 Å². The van der Waals surface area contributed by atoms with Crippen molar-refractivity contribution in [3.8, 4) is 28.8 Å². The number of rotatable bonds is 3. The van der Waals surface area contributed by atoms with E-state index >= 15 is 0 Å². The van der Waals surface area contributed by atoms with Gasteiger partial charge in [-0.05, 0) is 19.2 Å². The van der Waals surface area contributed by atoms with Crippen molar-refractivity contribution in [1.29, 1.82) is 0 Å². The quantitative estimate of drug-likeness (QED) is 0.648. The molecular formula is C20H23N7O2. The number of piperazine rings is 1. The molecule has 1 amide bonds. The van der Waals surface area contributed by atoms with Gasteiger partial charge in [-0.25, -0.2) is 4.98 Å². The summed E-state index contributed by atoms with van der Waals surface area (Å²) in [6, 6.07) is 6.72. The van der Waals surface area contributed by atoms with Crippen molar-refractivity contribution in [3.05, 3.63) is 24.5 Å². The van der Waals surface area contributed by atoms with Crippen LogP contribution in [-0.2, 0) is 11.8 Å². The molecule has 9 heteroatoms. The summed E-state index contributed by atoms with van der Waals surface area (Å²) >= 11 is 0. The van der Waals surface area contributed by atoms with Gasteiger partial charge in [-0.3, -0.25) is 14.8 Å². The van der Waals surface area contributed by atoms with Crippen molar-refractivity contribution in [2.24, 2.45) is 7.05 Å². The molecule has 2 aromatic heterocycles. The number of nitrogens with one attached hydrogen (secondary N) is 2. The summed E-state index contributed by atoms with van der Waals surface area (Å²) < 4.78 is 7.16. The minimum Gasteiger partial charge on any atom is -0.494 e. The number of carbonyl (C=O) groups is 1. The molecule has 1 aliphatic rings. The normalized spacial score (nSPS) is 14.5. The topological polar surface area (TPSA) is 91.3 Å². The Morgan fingerprint density at radius 2 is 2.03 bits per heavy atom. The number of aryl methyl sites for hydroxylation is 1. The molecule has 1 aromatic carbocycles. The largest absolute Gasteiger partial charge is 0.494 e. The van der Waals surface area contributed by atoms with Crippen molar-refractivity contribution in [3.63, 3.8) is 0 Å². The molecule has 0 saturated carbocycles. The number of fused-ring (bicyclic) bond motifs is 1. The number of aromatic nitrogens is 4. The summed E-state index contributed by atoms with van der Waals surface area (Å²) in [5, 5.41) is 6.95. The van der Waals surface area contributed by atoms with Crippen LogP contribution in [0.2, 0.25) is 0 Å². The van der Waals surface area contributed by atoms with Crippen LogP contribution in [0.15, 0.2) is 24.5 Å². The number of amides is 1. The molecule has 4 rings (SSSR count). The fraction of sp³-hybridized carbons (Fsp3) is 0.350. The molecule has 150 valence electrons. The smallest absolute Gasteiger partial charge is 0.304 e. The molecule has 29 heavy (non-hydrogen) atoms. The maximum Gasteiger partial charge on any atom is 0.304 e. The number of ether oxygens (including phenoxy) is 1. The first kappa shape index (κ1) is 18.8. The highest BCUT2D eigenvalue weighted by Crippen LogP contribution is 2.33. The lowest BCUT2D eigenvalue weighted by Crippen LogP contribution is -2.42. The highest BCUT2D eigenvalue weighted by molar-refractivity contribution is 6.04. The SMILES string of the molecule is COc1ccc(-c2cnn(C)c2)c2nc(NC(=O)C#CN3CCN(C)CC3)[nH]c12. The average Bonchev–Trinajstić information content (AvgIpc) is 3.33. The third-order valence-corrected chi connectivity index (χ3v) is 4.91. The third-order valence-electron chi connectivity index (χ3n) is 4.91. The van der Waals surface area contributed by atoms with E-state index in [1.54, 1.807) is 18.0 Å². The van der Waals surface area contributed by atoms with E-state index < -0.39 is 5.91 Å². The number of methoxy groups -OCH3 is 1. The fourth-order valence-electron chi connectivity index (χ4n) is 3.28. The number of benzene rings is 1. The molecule has 9 nitrogen and oxygen atoms in total. The van der Waals surface area contributed by atoms with Crippen LogP contribution in [-0.4, -0.2) is 75.8 Å². The summed E-state index contributed by atoms with van der Waals surface area (Å²) in [7, 11) is 5.53. The van der Waals surface area contributed by atoms with Crippen LogP contribution < -0.4 is 10.1 Å². The number of imidazole rings is 1. The molecule has 1 fully saturated rings. The molecule has 0 unspecified atom stereocenters. The second-order valence-electron chi connectivity index (χ2n) is 7.01. The van der Waals surface area contributed by atoms with Crippen LogP contribution in [0, 0.1) is 12.0 Å². The number of anilines is 1. The van der Waals surface area contributed by atoms with Gasteiger partial charge >= 0.3 is 5.91 Å². The number of nitrogens with zero attached hydrogens (tertiary/aromatic N) is 5. The molecular weight excluding hydrogens is 370 g/mol. The van der Waals surface area contributed by atoms with E-state index in [0.29, 0.717) is 22.7 Å². The molecule has 3 heterocycles. The molecule has 0 atom stereocenters. The first-order valence-electron chi connectivity index (χ1n) is 9.35. The Morgan fingerprint density at radius 3 is 2.72 bits per heavy atom.